The highest BCUT2D eigenvalue weighted by Crippen LogP contribution is 2.25. The second kappa shape index (κ2) is 6.84. The number of rotatable bonds is 4. The standard InChI is InChI=1S/C19H18N2OS/c1-13-7-6-10-16-14(2)11-18(21-19(13)16)23-12-17(22)20-15-8-4-3-5-9-15/h3-11H,12H2,1-2H3,(H,20,22). The van der Waals surface area contributed by atoms with Gasteiger partial charge in [-0.15, -0.1) is 0 Å². The van der Waals surface area contributed by atoms with Gasteiger partial charge in [0, 0.05) is 11.1 Å². The van der Waals surface area contributed by atoms with E-state index < -0.39 is 0 Å². The molecule has 0 aliphatic carbocycles. The fourth-order valence-electron chi connectivity index (χ4n) is 2.46. The van der Waals surface area contributed by atoms with Gasteiger partial charge in [0.05, 0.1) is 16.3 Å². The Hall–Kier alpha value is -2.33. The lowest BCUT2D eigenvalue weighted by Crippen LogP contribution is -2.13. The number of thioether (sulfide) groups is 1. The van der Waals surface area contributed by atoms with E-state index in [-0.39, 0.29) is 5.91 Å². The number of aryl methyl sites for hydroxylation is 2. The number of para-hydroxylation sites is 2. The highest BCUT2D eigenvalue weighted by molar-refractivity contribution is 7.99. The molecule has 0 unspecified atom stereocenters. The number of hydrogen-bond donors (Lipinski definition) is 1. The van der Waals surface area contributed by atoms with Gasteiger partial charge in [0.15, 0.2) is 0 Å². The van der Waals surface area contributed by atoms with Gasteiger partial charge in [-0.3, -0.25) is 4.79 Å². The van der Waals surface area contributed by atoms with Crippen LogP contribution in [0.3, 0.4) is 0 Å². The Morgan fingerprint density at radius 3 is 2.61 bits per heavy atom. The predicted molar refractivity (Wildman–Crippen MR) is 97.0 cm³/mol. The minimum atomic E-state index is -0.0227. The van der Waals surface area contributed by atoms with Gasteiger partial charge in [-0.25, -0.2) is 4.98 Å². The summed E-state index contributed by atoms with van der Waals surface area (Å²) in [7, 11) is 0. The molecule has 0 spiro atoms. The molecule has 0 bridgehead atoms. The lowest BCUT2D eigenvalue weighted by molar-refractivity contribution is -0.113. The first-order valence-electron chi connectivity index (χ1n) is 7.48. The third kappa shape index (κ3) is 3.71. The van der Waals surface area contributed by atoms with Gasteiger partial charge < -0.3 is 5.32 Å². The van der Waals surface area contributed by atoms with Crippen molar-refractivity contribution >= 4 is 34.3 Å². The maximum Gasteiger partial charge on any atom is 0.234 e. The van der Waals surface area contributed by atoms with Crippen molar-refractivity contribution in [1.29, 1.82) is 0 Å². The average molecular weight is 322 g/mol. The Balaban J connectivity index is 1.72. The van der Waals surface area contributed by atoms with E-state index >= 15 is 0 Å². The number of benzene rings is 2. The van der Waals surface area contributed by atoms with Crippen molar-refractivity contribution in [2.24, 2.45) is 0 Å². The van der Waals surface area contributed by atoms with Crippen molar-refractivity contribution < 1.29 is 4.79 Å². The Morgan fingerprint density at radius 2 is 1.83 bits per heavy atom. The SMILES string of the molecule is Cc1cc(SCC(=O)Nc2ccccc2)nc2c(C)cccc12. The fourth-order valence-corrected chi connectivity index (χ4v) is 3.23. The van der Waals surface area contributed by atoms with E-state index in [2.05, 4.69) is 31.3 Å². The van der Waals surface area contributed by atoms with Crippen molar-refractivity contribution in [3.8, 4) is 0 Å². The Morgan fingerprint density at radius 1 is 1.04 bits per heavy atom. The molecule has 3 aromatic rings. The quantitative estimate of drug-likeness (QED) is 0.715. The summed E-state index contributed by atoms with van der Waals surface area (Å²) < 4.78 is 0. The molecule has 23 heavy (non-hydrogen) atoms. The number of aromatic nitrogens is 1. The maximum atomic E-state index is 12.0. The van der Waals surface area contributed by atoms with E-state index in [4.69, 9.17) is 4.98 Å². The molecule has 3 rings (SSSR count). The van der Waals surface area contributed by atoms with E-state index in [0.717, 1.165) is 21.8 Å². The first-order chi connectivity index (χ1) is 11.1. The first kappa shape index (κ1) is 15.6. The number of carbonyl (C=O) groups is 1. The second-order valence-corrected chi connectivity index (χ2v) is 6.45. The Bertz CT molecular complexity index is 847. The van der Waals surface area contributed by atoms with Gasteiger partial charge in [0.2, 0.25) is 5.91 Å². The summed E-state index contributed by atoms with van der Waals surface area (Å²) >= 11 is 1.46. The van der Waals surface area contributed by atoms with E-state index in [1.807, 2.05) is 42.5 Å². The third-order valence-electron chi connectivity index (χ3n) is 3.63. The van der Waals surface area contributed by atoms with Crippen LogP contribution < -0.4 is 5.32 Å². The number of anilines is 1. The van der Waals surface area contributed by atoms with E-state index in [0.29, 0.717) is 5.75 Å². The molecule has 0 saturated carbocycles. The number of nitrogens with one attached hydrogen (secondary N) is 1. The molecule has 1 amide bonds. The van der Waals surface area contributed by atoms with Gasteiger partial charge in [-0.05, 0) is 43.2 Å². The molecule has 0 atom stereocenters. The number of fused-ring (bicyclic) bond motifs is 1. The highest BCUT2D eigenvalue weighted by Gasteiger charge is 2.08. The molecular weight excluding hydrogens is 304 g/mol. The summed E-state index contributed by atoms with van der Waals surface area (Å²) in [5.74, 6) is 0.323. The summed E-state index contributed by atoms with van der Waals surface area (Å²) in [4.78, 5) is 16.7. The molecule has 1 aromatic heterocycles. The van der Waals surface area contributed by atoms with Crippen molar-refractivity contribution in [1.82, 2.24) is 4.98 Å². The fraction of sp³-hybridized carbons (Fsp3) is 0.158. The number of amides is 1. The van der Waals surface area contributed by atoms with Crippen molar-refractivity contribution in [2.45, 2.75) is 18.9 Å². The smallest absolute Gasteiger partial charge is 0.234 e. The topological polar surface area (TPSA) is 42.0 Å². The van der Waals surface area contributed by atoms with Crippen LogP contribution in [0.1, 0.15) is 11.1 Å². The molecule has 2 aromatic carbocycles. The van der Waals surface area contributed by atoms with Crippen LogP contribution in [0.5, 0.6) is 0 Å². The first-order valence-corrected chi connectivity index (χ1v) is 8.47. The molecule has 0 aliphatic rings. The number of carbonyl (C=O) groups excluding carboxylic acids is 1. The molecule has 0 aliphatic heterocycles. The van der Waals surface area contributed by atoms with E-state index in [9.17, 15) is 4.79 Å². The Labute approximate surface area is 140 Å². The van der Waals surface area contributed by atoms with Crippen LogP contribution in [-0.4, -0.2) is 16.6 Å². The molecule has 3 nitrogen and oxygen atoms in total. The second-order valence-electron chi connectivity index (χ2n) is 5.45. The largest absolute Gasteiger partial charge is 0.325 e. The molecule has 0 saturated heterocycles. The zero-order chi connectivity index (χ0) is 16.2. The highest BCUT2D eigenvalue weighted by atomic mass is 32.2. The molecule has 116 valence electrons. The lowest BCUT2D eigenvalue weighted by Gasteiger charge is -2.08. The summed E-state index contributed by atoms with van der Waals surface area (Å²) in [6.45, 7) is 4.14. The summed E-state index contributed by atoms with van der Waals surface area (Å²) in [6, 6.07) is 17.7. The number of hydrogen-bond acceptors (Lipinski definition) is 3. The lowest BCUT2D eigenvalue weighted by atomic mass is 10.1. The van der Waals surface area contributed by atoms with Crippen LogP contribution in [0.15, 0.2) is 59.6 Å². The molecule has 0 fully saturated rings. The zero-order valence-corrected chi connectivity index (χ0v) is 14.0. The number of nitrogens with zero attached hydrogens (tertiary/aromatic N) is 1. The minimum absolute atomic E-state index is 0.0227. The van der Waals surface area contributed by atoms with Gasteiger partial charge >= 0.3 is 0 Å². The molecular formula is C19H18N2OS. The molecule has 0 radical (unpaired) electrons. The van der Waals surface area contributed by atoms with Gasteiger partial charge in [0.25, 0.3) is 0 Å². The van der Waals surface area contributed by atoms with Crippen molar-refractivity contribution in [2.75, 3.05) is 11.1 Å². The van der Waals surface area contributed by atoms with Gasteiger partial charge in [-0.1, -0.05) is 48.2 Å². The van der Waals surface area contributed by atoms with Crippen molar-refractivity contribution in [3.05, 3.63) is 65.7 Å². The van der Waals surface area contributed by atoms with Crippen LogP contribution >= 0.6 is 11.8 Å². The predicted octanol–water partition coefficient (Wildman–Crippen LogP) is 4.58. The molecule has 4 heteroatoms. The number of pyridine rings is 1. The monoisotopic (exact) mass is 322 g/mol. The van der Waals surface area contributed by atoms with Crippen LogP contribution in [-0.2, 0) is 4.79 Å². The van der Waals surface area contributed by atoms with E-state index in [1.54, 1.807) is 0 Å². The van der Waals surface area contributed by atoms with Crippen LogP contribution in [0.4, 0.5) is 5.69 Å². The molecule has 1 N–H and O–H groups in total. The summed E-state index contributed by atoms with van der Waals surface area (Å²) in [6.07, 6.45) is 0. The Kier molecular flexibility index (Phi) is 4.63. The van der Waals surface area contributed by atoms with Crippen LogP contribution in [0, 0.1) is 13.8 Å². The average Bonchev–Trinajstić information content (AvgIpc) is 2.55. The normalized spacial score (nSPS) is 10.7. The van der Waals surface area contributed by atoms with Gasteiger partial charge in [-0.2, -0.15) is 0 Å². The van der Waals surface area contributed by atoms with Gasteiger partial charge in [0.1, 0.15) is 0 Å². The summed E-state index contributed by atoms with van der Waals surface area (Å²) in [5, 5.41) is 4.94. The van der Waals surface area contributed by atoms with Crippen LogP contribution in [0.25, 0.3) is 10.9 Å². The maximum absolute atomic E-state index is 12.0. The zero-order valence-electron chi connectivity index (χ0n) is 13.2. The molecule has 1 heterocycles. The van der Waals surface area contributed by atoms with Crippen LogP contribution in [0.2, 0.25) is 0 Å². The summed E-state index contributed by atoms with van der Waals surface area (Å²) in [5.41, 5.74) is 4.17. The third-order valence-corrected chi connectivity index (χ3v) is 4.54. The van der Waals surface area contributed by atoms with Crippen molar-refractivity contribution in [3.63, 3.8) is 0 Å². The minimum Gasteiger partial charge on any atom is -0.325 e. The van der Waals surface area contributed by atoms with E-state index in [1.165, 1.54) is 22.7 Å².